The molecule has 1 aromatic heterocycles. The zero-order valence-corrected chi connectivity index (χ0v) is 13.7. The van der Waals surface area contributed by atoms with Gasteiger partial charge in [-0.05, 0) is 24.0 Å². The summed E-state index contributed by atoms with van der Waals surface area (Å²) in [7, 11) is 3.64. The van der Waals surface area contributed by atoms with Crippen molar-refractivity contribution >= 4 is 5.91 Å². The molecule has 0 radical (unpaired) electrons. The van der Waals surface area contributed by atoms with E-state index in [-0.39, 0.29) is 18.1 Å². The Labute approximate surface area is 136 Å². The van der Waals surface area contributed by atoms with E-state index in [1.165, 1.54) is 0 Å². The monoisotopic (exact) mass is 313 g/mol. The molecule has 2 heterocycles. The molecule has 5 nitrogen and oxygen atoms in total. The number of hydrogen-bond donors (Lipinski definition) is 0. The predicted molar refractivity (Wildman–Crippen MR) is 88.0 cm³/mol. The Bertz CT molecular complexity index is 653. The maximum atomic E-state index is 12.7. The summed E-state index contributed by atoms with van der Waals surface area (Å²) in [5.74, 6) is 0.171. The van der Waals surface area contributed by atoms with E-state index >= 15 is 0 Å². The van der Waals surface area contributed by atoms with Crippen LogP contribution in [-0.2, 0) is 29.4 Å². The predicted octanol–water partition coefficient (Wildman–Crippen LogP) is 1.82. The van der Waals surface area contributed by atoms with Gasteiger partial charge in [-0.25, -0.2) is 0 Å². The van der Waals surface area contributed by atoms with E-state index in [4.69, 9.17) is 4.74 Å². The van der Waals surface area contributed by atoms with E-state index < -0.39 is 0 Å². The van der Waals surface area contributed by atoms with Crippen molar-refractivity contribution in [3.05, 3.63) is 53.9 Å². The summed E-state index contributed by atoms with van der Waals surface area (Å²) in [6.07, 6.45) is 6.08. The van der Waals surface area contributed by atoms with Crippen molar-refractivity contribution in [3.63, 3.8) is 0 Å². The average molecular weight is 313 g/mol. The first-order valence-electron chi connectivity index (χ1n) is 8.01. The summed E-state index contributed by atoms with van der Waals surface area (Å²) in [4.78, 5) is 14.7. The first-order valence-corrected chi connectivity index (χ1v) is 8.01. The number of ether oxygens (including phenoxy) is 1. The molecule has 0 saturated carbocycles. The molecule has 0 unspecified atom stereocenters. The molecule has 3 rings (SSSR count). The van der Waals surface area contributed by atoms with E-state index in [1.54, 1.807) is 11.8 Å². The summed E-state index contributed by atoms with van der Waals surface area (Å²) in [5.41, 5.74) is 2.19. The highest BCUT2D eigenvalue weighted by Crippen LogP contribution is 2.25. The fourth-order valence-corrected chi connectivity index (χ4v) is 3.34. The molecule has 0 bridgehead atoms. The highest BCUT2D eigenvalue weighted by atomic mass is 16.5. The van der Waals surface area contributed by atoms with Crippen molar-refractivity contribution in [2.24, 2.45) is 7.05 Å². The maximum Gasteiger partial charge on any atom is 0.227 e. The quantitative estimate of drug-likeness (QED) is 0.846. The van der Waals surface area contributed by atoms with Crippen LogP contribution in [0, 0.1) is 0 Å². The molecule has 1 saturated heterocycles. The SMILES string of the molecule is CO[C@H]1CCN(C(=O)Cc2ccccc2)[C@@H]1Cc1cnn(C)c1. The van der Waals surface area contributed by atoms with Crippen LogP contribution in [-0.4, -0.2) is 46.4 Å². The van der Waals surface area contributed by atoms with Crippen LogP contribution >= 0.6 is 0 Å². The zero-order chi connectivity index (χ0) is 16.2. The minimum Gasteiger partial charge on any atom is -0.379 e. The van der Waals surface area contributed by atoms with Gasteiger partial charge in [0, 0.05) is 26.9 Å². The third-order valence-corrected chi connectivity index (χ3v) is 4.51. The molecule has 1 aromatic carbocycles. The molecule has 2 aromatic rings. The average Bonchev–Trinajstić information content (AvgIpc) is 3.15. The van der Waals surface area contributed by atoms with Crippen molar-refractivity contribution in [1.82, 2.24) is 14.7 Å². The van der Waals surface area contributed by atoms with Crippen LogP contribution in [0.5, 0.6) is 0 Å². The fraction of sp³-hybridized carbons (Fsp3) is 0.444. The van der Waals surface area contributed by atoms with Crippen molar-refractivity contribution in [3.8, 4) is 0 Å². The van der Waals surface area contributed by atoms with Crippen molar-refractivity contribution in [1.29, 1.82) is 0 Å². The first kappa shape index (κ1) is 15.7. The molecule has 0 aliphatic carbocycles. The standard InChI is InChI=1S/C18H23N3O2/c1-20-13-15(12-19-20)10-16-17(23-2)8-9-21(16)18(22)11-14-6-4-3-5-7-14/h3-7,12-13,16-17H,8-11H2,1-2H3/t16-,17+/m1/s1. The van der Waals surface area contributed by atoms with Crippen LogP contribution in [0.15, 0.2) is 42.7 Å². The number of hydrogen-bond acceptors (Lipinski definition) is 3. The summed E-state index contributed by atoms with van der Waals surface area (Å²) >= 11 is 0. The van der Waals surface area contributed by atoms with Crippen LogP contribution in [0.25, 0.3) is 0 Å². The lowest BCUT2D eigenvalue weighted by molar-refractivity contribution is -0.132. The second-order valence-electron chi connectivity index (χ2n) is 6.11. The zero-order valence-electron chi connectivity index (χ0n) is 13.7. The fourth-order valence-electron chi connectivity index (χ4n) is 3.34. The molecule has 1 amide bonds. The number of nitrogens with zero attached hydrogens (tertiary/aromatic N) is 3. The second kappa shape index (κ2) is 6.96. The van der Waals surface area contributed by atoms with Gasteiger partial charge in [-0.3, -0.25) is 9.48 Å². The number of carbonyl (C=O) groups excluding carboxylic acids is 1. The van der Waals surface area contributed by atoms with Gasteiger partial charge in [0.05, 0.1) is 24.8 Å². The largest absolute Gasteiger partial charge is 0.379 e. The molecule has 1 aliphatic heterocycles. The van der Waals surface area contributed by atoms with Gasteiger partial charge >= 0.3 is 0 Å². The van der Waals surface area contributed by atoms with Crippen molar-refractivity contribution < 1.29 is 9.53 Å². The number of methoxy groups -OCH3 is 1. The smallest absolute Gasteiger partial charge is 0.227 e. The normalized spacial score (nSPS) is 20.9. The van der Waals surface area contributed by atoms with Gasteiger partial charge in [0.1, 0.15) is 0 Å². The molecule has 2 atom stereocenters. The second-order valence-corrected chi connectivity index (χ2v) is 6.11. The van der Waals surface area contributed by atoms with E-state index in [9.17, 15) is 4.79 Å². The van der Waals surface area contributed by atoms with Crippen LogP contribution in [0.1, 0.15) is 17.5 Å². The van der Waals surface area contributed by atoms with E-state index in [1.807, 2.05) is 54.7 Å². The minimum atomic E-state index is 0.0837. The maximum absolute atomic E-state index is 12.7. The third-order valence-electron chi connectivity index (χ3n) is 4.51. The van der Waals surface area contributed by atoms with Crippen LogP contribution < -0.4 is 0 Å². The van der Waals surface area contributed by atoms with Crippen LogP contribution in [0.2, 0.25) is 0 Å². The van der Waals surface area contributed by atoms with Gasteiger partial charge < -0.3 is 9.64 Å². The van der Waals surface area contributed by atoms with Crippen LogP contribution in [0.4, 0.5) is 0 Å². The molecule has 23 heavy (non-hydrogen) atoms. The molecular weight excluding hydrogens is 290 g/mol. The lowest BCUT2D eigenvalue weighted by Crippen LogP contribution is -2.42. The minimum absolute atomic E-state index is 0.0837. The van der Waals surface area contributed by atoms with Gasteiger partial charge in [-0.15, -0.1) is 0 Å². The highest BCUT2D eigenvalue weighted by molar-refractivity contribution is 5.79. The summed E-state index contributed by atoms with van der Waals surface area (Å²) < 4.78 is 7.41. The number of carbonyl (C=O) groups is 1. The Morgan fingerprint density at radius 3 is 2.74 bits per heavy atom. The third kappa shape index (κ3) is 3.62. The number of rotatable bonds is 5. The number of aryl methyl sites for hydroxylation is 1. The van der Waals surface area contributed by atoms with Crippen molar-refractivity contribution in [2.75, 3.05) is 13.7 Å². The number of amides is 1. The number of benzene rings is 1. The van der Waals surface area contributed by atoms with Crippen LogP contribution in [0.3, 0.4) is 0 Å². The van der Waals surface area contributed by atoms with Crippen molar-refractivity contribution in [2.45, 2.75) is 31.4 Å². The lowest BCUT2D eigenvalue weighted by atomic mass is 10.0. The summed E-state index contributed by atoms with van der Waals surface area (Å²) in [6, 6.07) is 9.99. The molecule has 0 N–H and O–H groups in total. The first-order chi connectivity index (χ1) is 11.2. The summed E-state index contributed by atoms with van der Waals surface area (Å²) in [5, 5.41) is 4.22. The van der Waals surface area contributed by atoms with Gasteiger partial charge in [0.25, 0.3) is 0 Å². The Balaban J connectivity index is 1.72. The van der Waals surface area contributed by atoms with Gasteiger partial charge in [0.2, 0.25) is 5.91 Å². The Kier molecular flexibility index (Phi) is 4.76. The van der Waals surface area contributed by atoms with E-state index in [2.05, 4.69) is 5.10 Å². The Morgan fingerprint density at radius 2 is 2.09 bits per heavy atom. The van der Waals surface area contributed by atoms with Gasteiger partial charge in [-0.1, -0.05) is 30.3 Å². The lowest BCUT2D eigenvalue weighted by Gasteiger charge is -2.27. The topological polar surface area (TPSA) is 47.4 Å². The number of aromatic nitrogens is 2. The molecular formula is C18H23N3O2. The molecule has 5 heteroatoms. The van der Waals surface area contributed by atoms with E-state index in [0.717, 1.165) is 30.5 Å². The summed E-state index contributed by atoms with van der Waals surface area (Å²) in [6.45, 7) is 0.759. The van der Waals surface area contributed by atoms with E-state index in [0.29, 0.717) is 6.42 Å². The highest BCUT2D eigenvalue weighted by Gasteiger charge is 2.37. The molecule has 122 valence electrons. The molecule has 1 aliphatic rings. The molecule has 0 spiro atoms. The molecule has 1 fully saturated rings. The Morgan fingerprint density at radius 1 is 1.30 bits per heavy atom. The Hall–Kier alpha value is -2.14. The van der Waals surface area contributed by atoms with Gasteiger partial charge in [0.15, 0.2) is 0 Å². The number of likely N-dealkylation sites (tertiary alicyclic amines) is 1. The van der Waals surface area contributed by atoms with Gasteiger partial charge in [-0.2, -0.15) is 5.10 Å².